The maximum Gasteiger partial charge on any atom is 0.251 e. The lowest BCUT2D eigenvalue weighted by atomic mass is 9.94. The maximum absolute atomic E-state index is 12.0. The Bertz CT molecular complexity index is 469. The van der Waals surface area contributed by atoms with Crippen molar-refractivity contribution in [2.75, 3.05) is 13.7 Å². The summed E-state index contributed by atoms with van der Waals surface area (Å²) < 4.78 is 4.92. The minimum absolute atomic E-state index is 0.0888. The molecule has 0 saturated heterocycles. The second-order valence-corrected chi connectivity index (χ2v) is 5.66. The van der Waals surface area contributed by atoms with Crippen LogP contribution in [0.1, 0.15) is 37.6 Å². The molecular weight excluding hydrogens is 258 g/mol. The lowest BCUT2D eigenvalue weighted by molar-refractivity contribution is 0.0368. The zero-order valence-electron chi connectivity index (χ0n) is 12.4. The number of rotatable bonds is 6. The second-order valence-electron chi connectivity index (χ2n) is 5.66. The highest BCUT2D eigenvalue weighted by atomic mass is 16.5. The molecule has 0 aliphatic heterocycles. The van der Waals surface area contributed by atoms with E-state index < -0.39 is 5.60 Å². The van der Waals surface area contributed by atoms with E-state index in [1.165, 1.54) is 19.2 Å². The third-order valence-electron chi connectivity index (χ3n) is 2.92. The quantitative estimate of drug-likeness (QED) is 0.744. The van der Waals surface area contributed by atoms with Gasteiger partial charge in [-0.1, -0.05) is 13.8 Å². The third kappa shape index (κ3) is 4.74. The number of hydrogen-bond donors (Lipinski definition) is 3. The Morgan fingerprint density at radius 2 is 2.10 bits per heavy atom. The first-order chi connectivity index (χ1) is 9.25. The van der Waals surface area contributed by atoms with Gasteiger partial charge in [-0.2, -0.15) is 0 Å². The molecule has 0 bridgehead atoms. The van der Waals surface area contributed by atoms with Gasteiger partial charge in [-0.3, -0.25) is 4.79 Å². The molecule has 112 valence electrons. The molecule has 0 radical (unpaired) electrons. The van der Waals surface area contributed by atoms with Crippen LogP contribution >= 0.6 is 0 Å². The number of methoxy groups -OCH3 is 1. The normalized spacial score (nSPS) is 13.9. The molecular formula is C15H23NO4. The van der Waals surface area contributed by atoms with Gasteiger partial charge in [0.1, 0.15) is 0 Å². The van der Waals surface area contributed by atoms with E-state index in [9.17, 15) is 15.0 Å². The summed E-state index contributed by atoms with van der Waals surface area (Å²) in [5.41, 5.74) is -0.623. The summed E-state index contributed by atoms with van der Waals surface area (Å²) >= 11 is 0. The minimum Gasteiger partial charge on any atom is -0.504 e. The van der Waals surface area contributed by atoms with Crippen LogP contribution in [0.2, 0.25) is 0 Å². The summed E-state index contributed by atoms with van der Waals surface area (Å²) in [4.78, 5) is 12.0. The highest BCUT2D eigenvalue weighted by Crippen LogP contribution is 2.26. The van der Waals surface area contributed by atoms with E-state index in [0.717, 1.165) is 0 Å². The zero-order chi connectivity index (χ0) is 15.3. The van der Waals surface area contributed by atoms with Crippen molar-refractivity contribution in [2.24, 2.45) is 5.92 Å². The fourth-order valence-electron chi connectivity index (χ4n) is 2.16. The number of benzene rings is 1. The molecule has 0 aliphatic rings. The molecule has 0 fully saturated rings. The summed E-state index contributed by atoms with van der Waals surface area (Å²) in [6, 6.07) is 4.42. The topological polar surface area (TPSA) is 78.8 Å². The van der Waals surface area contributed by atoms with Gasteiger partial charge in [-0.05, 0) is 37.5 Å². The van der Waals surface area contributed by atoms with Crippen molar-refractivity contribution >= 4 is 5.91 Å². The van der Waals surface area contributed by atoms with Crippen LogP contribution < -0.4 is 10.1 Å². The number of carbonyl (C=O) groups is 1. The van der Waals surface area contributed by atoms with E-state index in [1.807, 2.05) is 13.8 Å². The highest BCUT2D eigenvalue weighted by Gasteiger charge is 2.23. The lowest BCUT2D eigenvalue weighted by Gasteiger charge is -2.25. The molecule has 1 atom stereocenters. The van der Waals surface area contributed by atoms with Crippen molar-refractivity contribution in [1.82, 2.24) is 5.32 Å². The number of carbonyl (C=O) groups excluding carboxylic acids is 1. The number of aliphatic hydroxyl groups is 1. The molecule has 3 N–H and O–H groups in total. The van der Waals surface area contributed by atoms with Gasteiger partial charge in [0.2, 0.25) is 0 Å². The van der Waals surface area contributed by atoms with Gasteiger partial charge in [0.25, 0.3) is 5.91 Å². The minimum atomic E-state index is -0.946. The Balaban J connectivity index is 2.65. The molecule has 1 rings (SSSR count). The summed E-state index contributed by atoms with van der Waals surface area (Å²) in [5, 5.41) is 22.4. The lowest BCUT2D eigenvalue weighted by Crippen LogP contribution is -2.41. The number of aromatic hydroxyl groups is 1. The monoisotopic (exact) mass is 281 g/mol. The van der Waals surface area contributed by atoms with Gasteiger partial charge >= 0.3 is 0 Å². The predicted molar refractivity (Wildman–Crippen MR) is 77.1 cm³/mol. The summed E-state index contributed by atoms with van der Waals surface area (Å²) in [5.74, 6) is 0.223. The van der Waals surface area contributed by atoms with Crippen LogP contribution in [0.15, 0.2) is 18.2 Å². The Hall–Kier alpha value is -1.75. The Morgan fingerprint density at radius 1 is 1.45 bits per heavy atom. The number of phenolic OH excluding ortho intramolecular Hbond substituents is 1. The van der Waals surface area contributed by atoms with Crippen LogP contribution in [-0.2, 0) is 0 Å². The van der Waals surface area contributed by atoms with Gasteiger partial charge in [0.15, 0.2) is 11.5 Å². The standard InChI is InChI=1S/C15H23NO4/c1-10(2)8-15(3,19)9-16-14(18)11-5-6-13(20-4)12(17)7-11/h5-7,10,17,19H,8-9H2,1-4H3,(H,16,18). The fourth-order valence-corrected chi connectivity index (χ4v) is 2.16. The van der Waals surface area contributed by atoms with E-state index in [0.29, 0.717) is 23.7 Å². The predicted octanol–water partition coefficient (Wildman–Crippen LogP) is 1.93. The number of phenols is 1. The Morgan fingerprint density at radius 3 is 2.60 bits per heavy atom. The van der Waals surface area contributed by atoms with Crippen LogP contribution in [0, 0.1) is 5.92 Å². The van der Waals surface area contributed by atoms with Crippen molar-refractivity contribution in [3.05, 3.63) is 23.8 Å². The molecule has 1 aromatic carbocycles. The zero-order valence-corrected chi connectivity index (χ0v) is 12.4. The molecule has 0 heterocycles. The molecule has 0 aromatic heterocycles. The third-order valence-corrected chi connectivity index (χ3v) is 2.92. The van der Waals surface area contributed by atoms with Crippen LogP contribution in [0.5, 0.6) is 11.5 Å². The van der Waals surface area contributed by atoms with E-state index >= 15 is 0 Å². The molecule has 1 amide bonds. The van der Waals surface area contributed by atoms with E-state index in [1.54, 1.807) is 13.0 Å². The van der Waals surface area contributed by atoms with Gasteiger partial charge in [-0.25, -0.2) is 0 Å². The van der Waals surface area contributed by atoms with Gasteiger partial charge in [0, 0.05) is 12.1 Å². The molecule has 0 saturated carbocycles. The number of hydrogen-bond acceptors (Lipinski definition) is 4. The Kier molecular flexibility index (Phi) is 5.39. The average Bonchev–Trinajstić information content (AvgIpc) is 2.34. The summed E-state index contributed by atoms with van der Waals surface area (Å²) in [7, 11) is 1.44. The van der Waals surface area contributed by atoms with Crippen LogP contribution in [0.25, 0.3) is 0 Å². The van der Waals surface area contributed by atoms with E-state index in [-0.39, 0.29) is 18.2 Å². The number of ether oxygens (including phenoxy) is 1. The maximum atomic E-state index is 12.0. The molecule has 1 aromatic rings. The summed E-state index contributed by atoms with van der Waals surface area (Å²) in [6.45, 7) is 5.88. The first-order valence-corrected chi connectivity index (χ1v) is 6.63. The van der Waals surface area contributed by atoms with Gasteiger partial charge in [0.05, 0.1) is 12.7 Å². The van der Waals surface area contributed by atoms with E-state index in [2.05, 4.69) is 5.32 Å². The number of amides is 1. The molecule has 5 heteroatoms. The molecule has 0 spiro atoms. The van der Waals surface area contributed by atoms with Crippen molar-refractivity contribution in [2.45, 2.75) is 32.8 Å². The number of nitrogens with one attached hydrogen (secondary N) is 1. The van der Waals surface area contributed by atoms with Crippen LogP contribution in [0.3, 0.4) is 0 Å². The fraction of sp³-hybridized carbons (Fsp3) is 0.533. The molecule has 20 heavy (non-hydrogen) atoms. The average molecular weight is 281 g/mol. The van der Waals surface area contributed by atoms with Crippen LogP contribution in [-0.4, -0.2) is 35.4 Å². The SMILES string of the molecule is COc1ccc(C(=O)NCC(C)(O)CC(C)C)cc1O. The van der Waals surface area contributed by atoms with Crippen molar-refractivity contribution in [3.8, 4) is 11.5 Å². The largest absolute Gasteiger partial charge is 0.504 e. The Labute approximate surface area is 119 Å². The van der Waals surface area contributed by atoms with Crippen molar-refractivity contribution in [1.29, 1.82) is 0 Å². The van der Waals surface area contributed by atoms with Crippen LogP contribution in [0.4, 0.5) is 0 Å². The summed E-state index contributed by atoms with van der Waals surface area (Å²) in [6.07, 6.45) is 0.598. The molecule has 5 nitrogen and oxygen atoms in total. The van der Waals surface area contributed by atoms with Crippen molar-refractivity contribution in [3.63, 3.8) is 0 Å². The van der Waals surface area contributed by atoms with Crippen molar-refractivity contribution < 1.29 is 19.7 Å². The first-order valence-electron chi connectivity index (χ1n) is 6.63. The second kappa shape index (κ2) is 6.61. The van der Waals surface area contributed by atoms with E-state index in [4.69, 9.17) is 4.74 Å². The smallest absolute Gasteiger partial charge is 0.251 e. The molecule has 1 unspecified atom stereocenters. The highest BCUT2D eigenvalue weighted by molar-refractivity contribution is 5.94. The van der Waals surface area contributed by atoms with Gasteiger partial charge in [-0.15, -0.1) is 0 Å². The first kappa shape index (κ1) is 16.3. The molecule has 0 aliphatic carbocycles. The van der Waals surface area contributed by atoms with Gasteiger partial charge < -0.3 is 20.3 Å².